The van der Waals surface area contributed by atoms with Crippen LogP contribution in [-0.4, -0.2) is 81.6 Å². The van der Waals surface area contributed by atoms with Crippen LogP contribution in [0.3, 0.4) is 0 Å². The van der Waals surface area contributed by atoms with Gasteiger partial charge in [-0.05, 0) is 31.9 Å². The maximum absolute atomic E-state index is 12.7. The number of carbonyl (C=O) groups excluding carboxylic acids is 1. The van der Waals surface area contributed by atoms with Crippen molar-refractivity contribution in [3.8, 4) is 12.1 Å². The average molecular weight is 549 g/mol. The van der Waals surface area contributed by atoms with Gasteiger partial charge in [-0.15, -0.1) is 5.10 Å². The van der Waals surface area contributed by atoms with Crippen LogP contribution >= 0.6 is 11.6 Å². The molecule has 1 amide bonds. The van der Waals surface area contributed by atoms with Gasteiger partial charge in [0.2, 0.25) is 5.95 Å². The monoisotopic (exact) mass is 548 g/mol. The maximum Gasteiger partial charge on any atom is 0.410 e. The van der Waals surface area contributed by atoms with Gasteiger partial charge in [0.1, 0.15) is 12.2 Å². The summed E-state index contributed by atoms with van der Waals surface area (Å²) >= 11 is 6.89. The lowest BCUT2D eigenvalue weighted by molar-refractivity contribution is 0.124. The molecular weight excluding hydrogens is 524 g/mol. The van der Waals surface area contributed by atoms with E-state index in [0.29, 0.717) is 72.7 Å². The molecule has 3 aromatic rings. The number of halogens is 1. The first-order valence-corrected chi connectivity index (χ1v) is 13.1. The van der Waals surface area contributed by atoms with E-state index in [9.17, 15) is 15.3 Å². The van der Waals surface area contributed by atoms with Crippen LogP contribution in [0.5, 0.6) is 0 Å². The van der Waals surface area contributed by atoms with Gasteiger partial charge in [-0.2, -0.15) is 20.0 Å². The lowest BCUT2D eigenvalue weighted by atomic mass is 9.98. The summed E-state index contributed by atoms with van der Waals surface area (Å²) in [6, 6.07) is 7.62. The van der Waals surface area contributed by atoms with Crippen LogP contribution in [0.25, 0.3) is 5.65 Å². The van der Waals surface area contributed by atoms with Crippen LogP contribution in [0.1, 0.15) is 31.0 Å². The minimum Gasteiger partial charge on any atom is -0.442 e. The van der Waals surface area contributed by atoms with E-state index < -0.39 is 0 Å². The third-order valence-electron chi connectivity index (χ3n) is 7.23. The highest BCUT2D eigenvalue weighted by Gasteiger charge is 2.48. The highest BCUT2D eigenvalue weighted by atomic mass is 35.5. The minimum absolute atomic E-state index is 0.0231. The second-order valence-electron chi connectivity index (χ2n) is 9.55. The lowest BCUT2D eigenvalue weighted by Crippen LogP contribution is -2.52. The van der Waals surface area contributed by atoms with Crippen molar-refractivity contribution in [3.63, 3.8) is 0 Å². The Kier molecular flexibility index (Phi) is 6.46. The Labute approximate surface area is 228 Å². The minimum atomic E-state index is -0.316. The van der Waals surface area contributed by atoms with Gasteiger partial charge in [-0.25, -0.2) is 9.78 Å². The lowest BCUT2D eigenvalue weighted by Gasteiger charge is -2.38. The fraction of sp³-hybridized carbons (Fsp3) is 0.440. The second kappa shape index (κ2) is 10.1. The van der Waals surface area contributed by atoms with E-state index in [0.717, 1.165) is 6.42 Å². The molecular formula is C25H25ClN10O3. The SMILES string of the molecule is CCNc1nc(Nc2cc(C#N)cc(N3CCC4C(C3)OC(=O)N4C3CCOC3)c2Cl)nn2c(C#N)cnc12. The summed E-state index contributed by atoms with van der Waals surface area (Å²) in [6.07, 6.45) is 2.32. The van der Waals surface area contributed by atoms with E-state index in [4.69, 9.17) is 21.1 Å². The standard InChI is InChI=1S/C25H25ClN10O3/c1-2-29-22-23-30-11-16(10-28)36(23)33-24(32-22)31-17-7-14(9-27)8-19(21(17)26)34-5-3-18-20(12-34)39-25(37)35(18)15-4-6-38-13-15/h7-8,11,15,18,20H,2-6,12-13H2,1H3,(H2,29,31,32,33). The molecule has 39 heavy (non-hydrogen) atoms. The van der Waals surface area contributed by atoms with Crippen molar-refractivity contribution in [2.24, 2.45) is 0 Å². The molecule has 0 bridgehead atoms. The van der Waals surface area contributed by atoms with Gasteiger partial charge in [0.05, 0.1) is 59.5 Å². The van der Waals surface area contributed by atoms with Crippen LogP contribution in [0.15, 0.2) is 18.3 Å². The fourth-order valence-electron chi connectivity index (χ4n) is 5.46. The Balaban J connectivity index is 1.30. The number of hydrogen-bond donors (Lipinski definition) is 2. The van der Waals surface area contributed by atoms with E-state index >= 15 is 0 Å². The zero-order valence-corrected chi connectivity index (χ0v) is 21.9. The first-order chi connectivity index (χ1) is 19.0. The van der Waals surface area contributed by atoms with E-state index in [1.807, 2.05) is 16.7 Å². The van der Waals surface area contributed by atoms with Crippen LogP contribution in [-0.2, 0) is 9.47 Å². The van der Waals surface area contributed by atoms with Crippen LogP contribution < -0.4 is 15.5 Å². The molecule has 13 nitrogen and oxygen atoms in total. The molecule has 0 aliphatic carbocycles. The van der Waals surface area contributed by atoms with Crippen molar-refractivity contribution in [1.29, 1.82) is 10.5 Å². The summed E-state index contributed by atoms with van der Waals surface area (Å²) in [4.78, 5) is 25.3. The van der Waals surface area contributed by atoms with E-state index in [1.165, 1.54) is 10.7 Å². The molecule has 2 aromatic heterocycles. The predicted molar refractivity (Wildman–Crippen MR) is 141 cm³/mol. The van der Waals surface area contributed by atoms with Crippen molar-refractivity contribution in [2.75, 3.05) is 48.4 Å². The molecule has 0 saturated carbocycles. The van der Waals surface area contributed by atoms with Gasteiger partial charge in [0.15, 0.2) is 17.2 Å². The van der Waals surface area contributed by atoms with Crippen molar-refractivity contribution in [2.45, 2.75) is 38.0 Å². The molecule has 200 valence electrons. The number of nitriles is 2. The van der Waals surface area contributed by atoms with E-state index in [-0.39, 0.29) is 35.9 Å². The zero-order chi connectivity index (χ0) is 27.1. The largest absolute Gasteiger partial charge is 0.442 e. The summed E-state index contributed by atoms with van der Waals surface area (Å²) in [5.41, 5.74) is 2.13. The number of imidazole rings is 1. The highest BCUT2D eigenvalue weighted by Crippen LogP contribution is 2.39. The molecule has 0 spiro atoms. The van der Waals surface area contributed by atoms with E-state index in [1.54, 1.807) is 12.1 Å². The highest BCUT2D eigenvalue weighted by molar-refractivity contribution is 6.36. The topological polar surface area (TPSA) is 157 Å². The third-order valence-corrected chi connectivity index (χ3v) is 7.63. The summed E-state index contributed by atoms with van der Waals surface area (Å²) in [6.45, 7) is 4.76. The van der Waals surface area contributed by atoms with Gasteiger partial charge in [0.25, 0.3) is 0 Å². The number of ether oxygens (including phenoxy) is 2. The summed E-state index contributed by atoms with van der Waals surface area (Å²) in [7, 11) is 0. The van der Waals surface area contributed by atoms with Gasteiger partial charge >= 0.3 is 6.09 Å². The number of amides is 1. The molecule has 2 N–H and O–H groups in total. The Morgan fingerprint density at radius 3 is 2.87 bits per heavy atom. The summed E-state index contributed by atoms with van der Waals surface area (Å²) in [5.74, 6) is 0.625. The van der Waals surface area contributed by atoms with Gasteiger partial charge < -0.3 is 25.0 Å². The molecule has 3 unspecified atom stereocenters. The molecule has 6 rings (SSSR count). The van der Waals surface area contributed by atoms with Gasteiger partial charge in [-0.3, -0.25) is 4.90 Å². The quantitative estimate of drug-likeness (QED) is 0.466. The Morgan fingerprint density at radius 2 is 2.13 bits per heavy atom. The average Bonchev–Trinajstić information content (AvgIpc) is 3.67. The van der Waals surface area contributed by atoms with E-state index in [2.05, 4.69) is 37.8 Å². The number of rotatable bonds is 6. The van der Waals surface area contributed by atoms with Crippen LogP contribution in [0, 0.1) is 22.7 Å². The molecule has 14 heteroatoms. The molecule has 3 fully saturated rings. The molecule has 1 aromatic carbocycles. The number of benzene rings is 1. The Hall–Kier alpha value is -4.33. The number of anilines is 4. The molecule has 0 radical (unpaired) electrons. The smallest absolute Gasteiger partial charge is 0.410 e. The number of carbonyl (C=O) groups is 1. The van der Waals surface area contributed by atoms with Crippen molar-refractivity contribution < 1.29 is 14.3 Å². The zero-order valence-electron chi connectivity index (χ0n) is 21.1. The van der Waals surface area contributed by atoms with Crippen LogP contribution in [0.4, 0.5) is 27.9 Å². The fourth-order valence-corrected chi connectivity index (χ4v) is 5.73. The number of hydrogen-bond acceptors (Lipinski definition) is 11. The molecule has 5 heterocycles. The first kappa shape index (κ1) is 25.0. The van der Waals surface area contributed by atoms with Gasteiger partial charge in [-0.1, -0.05) is 11.6 Å². The molecule has 3 atom stereocenters. The van der Waals surface area contributed by atoms with Crippen LogP contribution in [0.2, 0.25) is 5.02 Å². The summed E-state index contributed by atoms with van der Waals surface area (Å²) in [5, 5.41) is 30.3. The Bertz CT molecular complexity index is 1520. The number of piperidine rings is 1. The Morgan fingerprint density at radius 1 is 1.26 bits per heavy atom. The molecule has 3 saturated heterocycles. The van der Waals surface area contributed by atoms with Crippen molar-refractivity contribution in [3.05, 3.63) is 34.6 Å². The number of nitrogens with zero attached hydrogens (tertiary/aromatic N) is 8. The number of nitrogens with one attached hydrogen (secondary N) is 2. The molecule has 3 aliphatic heterocycles. The second-order valence-corrected chi connectivity index (χ2v) is 9.93. The van der Waals surface area contributed by atoms with Gasteiger partial charge in [0, 0.05) is 19.7 Å². The number of aromatic nitrogens is 4. The maximum atomic E-state index is 12.7. The first-order valence-electron chi connectivity index (χ1n) is 12.7. The van der Waals surface area contributed by atoms with Crippen molar-refractivity contribution in [1.82, 2.24) is 24.5 Å². The predicted octanol–water partition coefficient (Wildman–Crippen LogP) is 2.88. The summed E-state index contributed by atoms with van der Waals surface area (Å²) < 4.78 is 12.7. The molecule has 3 aliphatic rings. The normalized spacial score (nSPS) is 22.4. The third kappa shape index (κ3) is 4.39. The number of fused-ring (bicyclic) bond motifs is 2. The van der Waals surface area contributed by atoms with Crippen molar-refractivity contribution >= 4 is 46.5 Å².